The highest BCUT2D eigenvalue weighted by Crippen LogP contribution is 2.30. The standard InChI is InChI=1S/C10H6ClF3N2S/c11-8-5-16(9(15)17-8)7-3-1-2-6(4-7)10(12,13)14/h1-5,15H. The minimum Gasteiger partial charge on any atom is -0.291 e. The number of hydrogen-bond acceptors (Lipinski definition) is 2. The largest absolute Gasteiger partial charge is 0.416 e. The first kappa shape index (κ1) is 12.2. The fourth-order valence-electron chi connectivity index (χ4n) is 1.35. The maximum Gasteiger partial charge on any atom is 0.416 e. The molecule has 0 bridgehead atoms. The molecule has 2 aromatic rings. The van der Waals surface area contributed by atoms with Crippen molar-refractivity contribution in [2.24, 2.45) is 0 Å². The molecule has 90 valence electrons. The maximum atomic E-state index is 12.5. The second-order valence-electron chi connectivity index (χ2n) is 3.26. The number of nitrogens with zero attached hydrogens (tertiary/aromatic N) is 1. The summed E-state index contributed by atoms with van der Waals surface area (Å²) in [7, 11) is 0. The molecule has 2 rings (SSSR count). The van der Waals surface area contributed by atoms with E-state index in [-0.39, 0.29) is 10.5 Å². The van der Waals surface area contributed by atoms with Crippen LogP contribution < -0.4 is 4.80 Å². The zero-order valence-corrected chi connectivity index (χ0v) is 9.83. The van der Waals surface area contributed by atoms with Gasteiger partial charge in [0.2, 0.25) is 0 Å². The topological polar surface area (TPSA) is 28.8 Å². The Kier molecular flexibility index (Phi) is 3.01. The molecule has 0 aliphatic carbocycles. The normalized spacial score (nSPS) is 11.8. The molecule has 0 atom stereocenters. The number of halogens is 4. The van der Waals surface area contributed by atoms with Gasteiger partial charge in [-0.3, -0.25) is 9.98 Å². The van der Waals surface area contributed by atoms with Crippen LogP contribution in [0.15, 0.2) is 30.5 Å². The van der Waals surface area contributed by atoms with Crippen molar-refractivity contribution in [3.63, 3.8) is 0 Å². The van der Waals surface area contributed by atoms with Crippen molar-refractivity contribution in [3.8, 4) is 5.69 Å². The van der Waals surface area contributed by atoms with Gasteiger partial charge in [0, 0.05) is 11.9 Å². The first-order valence-electron chi connectivity index (χ1n) is 4.48. The molecule has 0 unspecified atom stereocenters. The van der Waals surface area contributed by atoms with Gasteiger partial charge in [-0.05, 0) is 18.2 Å². The van der Waals surface area contributed by atoms with Gasteiger partial charge in [-0.1, -0.05) is 29.0 Å². The van der Waals surface area contributed by atoms with Crippen LogP contribution in [0.1, 0.15) is 5.56 Å². The minimum absolute atomic E-state index is 0.0781. The van der Waals surface area contributed by atoms with Crippen molar-refractivity contribution in [2.45, 2.75) is 6.18 Å². The van der Waals surface area contributed by atoms with Gasteiger partial charge in [-0.15, -0.1) is 0 Å². The van der Waals surface area contributed by atoms with Crippen LogP contribution in [-0.2, 0) is 6.18 Å². The number of rotatable bonds is 1. The van der Waals surface area contributed by atoms with Gasteiger partial charge in [0.1, 0.15) is 4.34 Å². The summed E-state index contributed by atoms with van der Waals surface area (Å²) in [5, 5.41) is 7.57. The molecule has 2 nitrogen and oxygen atoms in total. The van der Waals surface area contributed by atoms with Gasteiger partial charge in [0.05, 0.1) is 5.56 Å². The second-order valence-corrected chi connectivity index (χ2v) is 4.92. The molecule has 1 N–H and O–H groups in total. The Morgan fingerprint density at radius 2 is 2.00 bits per heavy atom. The maximum absolute atomic E-state index is 12.5. The lowest BCUT2D eigenvalue weighted by molar-refractivity contribution is -0.137. The SMILES string of the molecule is N=c1sc(Cl)cn1-c1cccc(C(F)(F)F)c1. The van der Waals surface area contributed by atoms with E-state index < -0.39 is 11.7 Å². The summed E-state index contributed by atoms with van der Waals surface area (Å²) in [4.78, 5) is 0.0781. The molecular weight excluding hydrogens is 273 g/mol. The van der Waals surface area contributed by atoms with E-state index in [9.17, 15) is 13.2 Å². The first-order valence-corrected chi connectivity index (χ1v) is 5.67. The molecule has 0 aliphatic rings. The molecular formula is C10H6ClF3N2S. The quantitative estimate of drug-likeness (QED) is 0.824. The predicted molar refractivity (Wildman–Crippen MR) is 59.5 cm³/mol. The highest BCUT2D eigenvalue weighted by Gasteiger charge is 2.30. The number of aromatic nitrogens is 1. The molecule has 0 fully saturated rings. The first-order chi connectivity index (χ1) is 7.88. The molecule has 1 heterocycles. The monoisotopic (exact) mass is 278 g/mol. The number of benzene rings is 1. The Morgan fingerprint density at radius 1 is 1.29 bits per heavy atom. The van der Waals surface area contributed by atoms with Crippen molar-refractivity contribution >= 4 is 22.9 Å². The summed E-state index contributed by atoms with van der Waals surface area (Å²) >= 11 is 6.69. The van der Waals surface area contributed by atoms with Gasteiger partial charge in [-0.25, -0.2) is 0 Å². The van der Waals surface area contributed by atoms with Crippen molar-refractivity contribution in [3.05, 3.63) is 45.2 Å². The van der Waals surface area contributed by atoms with Crippen LogP contribution in [-0.4, -0.2) is 4.57 Å². The van der Waals surface area contributed by atoms with Crippen LogP contribution in [0.25, 0.3) is 5.69 Å². The van der Waals surface area contributed by atoms with Crippen LogP contribution in [0.2, 0.25) is 4.34 Å². The van der Waals surface area contributed by atoms with Crippen molar-refractivity contribution in [1.82, 2.24) is 4.57 Å². The van der Waals surface area contributed by atoms with E-state index in [1.54, 1.807) is 0 Å². The molecule has 1 aromatic heterocycles. The second kappa shape index (κ2) is 4.19. The van der Waals surface area contributed by atoms with Crippen molar-refractivity contribution < 1.29 is 13.2 Å². The van der Waals surface area contributed by atoms with Crippen LogP contribution in [0.4, 0.5) is 13.2 Å². The van der Waals surface area contributed by atoms with Crippen LogP contribution in [0.3, 0.4) is 0 Å². The van der Waals surface area contributed by atoms with E-state index in [1.807, 2.05) is 0 Å². The lowest BCUT2D eigenvalue weighted by Crippen LogP contribution is -2.11. The van der Waals surface area contributed by atoms with E-state index in [0.717, 1.165) is 23.5 Å². The number of hydrogen-bond donors (Lipinski definition) is 1. The predicted octanol–water partition coefficient (Wildman–Crippen LogP) is 3.69. The molecule has 0 radical (unpaired) electrons. The third-order valence-corrected chi connectivity index (χ3v) is 3.11. The lowest BCUT2D eigenvalue weighted by Gasteiger charge is -2.08. The molecule has 0 saturated carbocycles. The molecule has 17 heavy (non-hydrogen) atoms. The van der Waals surface area contributed by atoms with Crippen LogP contribution in [0.5, 0.6) is 0 Å². The third-order valence-electron chi connectivity index (χ3n) is 2.10. The summed E-state index contributed by atoms with van der Waals surface area (Å²) in [6.07, 6.45) is -2.97. The summed E-state index contributed by atoms with van der Waals surface area (Å²) in [6, 6.07) is 4.77. The fraction of sp³-hybridized carbons (Fsp3) is 0.100. The van der Waals surface area contributed by atoms with Crippen molar-refractivity contribution in [2.75, 3.05) is 0 Å². The summed E-state index contributed by atoms with van der Waals surface area (Å²) < 4.78 is 39.2. The molecule has 0 aliphatic heterocycles. The molecule has 0 amide bonds. The zero-order valence-electron chi connectivity index (χ0n) is 8.25. The summed E-state index contributed by atoms with van der Waals surface area (Å²) in [5.41, 5.74) is -0.475. The Balaban J connectivity index is 2.54. The Morgan fingerprint density at radius 3 is 2.53 bits per heavy atom. The molecule has 7 heteroatoms. The number of nitrogens with one attached hydrogen (secondary N) is 1. The fourth-order valence-corrected chi connectivity index (χ4v) is 2.27. The smallest absolute Gasteiger partial charge is 0.291 e. The van der Waals surface area contributed by atoms with E-state index in [1.165, 1.54) is 22.9 Å². The van der Waals surface area contributed by atoms with E-state index in [4.69, 9.17) is 17.0 Å². The Labute approximate surface area is 103 Å². The van der Waals surface area contributed by atoms with E-state index in [0.29, 0.717) is 4.34 Å². The van der Waals surface area contributed by atoms with Gasteiger partial charge >= 0.3 is 6.18 Å². The van der Waals surface area contributed by atoms with Gasteiger partial charge in [0.25, 0.3) is 0 Å². The Bertz CT molecular complexity index is 600. The number of thiazole rings is 1. The number of alkyl halides is 3. The van der Waals surface area contributed by atoms with Gasteiger partial charge < -0.3 is 0 Å². The minimum atomic E-state index is -4.39. The van der Waals surface area contributed by atoms with E-state index in [2.05, 4.69) is 0 Å². The van der Waals surface area contributed by atoms with E-state index >= 15 is 0 Å². The molecule has 0 spiro atoms. The average Bonchev–Trinajstić information content (AvgIpc) is 2.57. The molecule has 1 aromatic carbocycles. The zero-order chi connectivity index (χ0) is 12.6. The van der Waals surface area contributed by atoms with Crippen LogP contribution >= 0.6 is 22.9 Å². The summed E-state index contributed by atoms with van der Waals surface area (Å²) in [6.45, 7) is 0. The third kappa shape index (κ3) is 2.53. The summed E-state index contributed by atoms with van der Waals surface area (Å²) in [5.74, 6) is 0. The average molecular weight is 279 g/mol. The molecule has 0 saturated heterocycles. The highest BCUT2D eigenvalue weighted by molar-refractivity contribution is 7.13. The van der Waals surface area contributed by atoms with Gasteiger partial charge in [0.15, 0.2) is 4.80 Å². The van der Waals surface area contributed by atoms with Gasteiger partial charge in [-0.2, -0.15) is 13.2 Å². The van der Waals surface area contributed by atoms with Crippen molar-refractivity contribution in [1.29, 1.82) is 5.41 Å². The lowest BCUT2D eigenvalue weighted by atomic mass is 10.2. The van der Waals surface area contributed by atoms with Crippen LogP contribution in [0, 0.1) is 5.41 Å². The Hall–Kier alpha value is -1.27. The highest BCUT2D eigenvalue weighted by atomic mass is 35.5.